The topological polar surface area (TPSA) is 106 Å². The van der Waals surface area contributed by atoms with Crippen LogP contribution in [0.3, 0.4) is 0 Å². The molecule has 0 saturated carbocycles. The lowest BCUT2D eigenvalue weighted by Crippen LogP contribution is -2.51. The number of hydrogen-bond acceptors (Lipinski definition) is 8. The van der Waals surface area contributed by atoms with Gasteiger partial charge in [0, 0.05) is 51.9 Å². The van der Waals surface area contributed by atoms with Crippen molar-refractivity contribution in [2.24, 2.45) is 7.05 Å². The van der Waals surface area contributed by atoms with E-state index < -0.39 is 0 Å². The molecule has 0 bridgehead atoms. The van der Waals surface area contributed by atoms with E-state index in [4.69, 9.17) is 20.4 Å². The van der Waals surface area contributed by atoms with Crippen molar-refractivity contribution in [2.45, 2.75) is 19.8 Å². The van der Waals surface area contributed by atoms with E-state index in [1.807, 2.05) is 11.9 Å². The maximum absolute atomic E-state index is 12.6. The first-order chi connectivity index (χ1) is 16.9. The zero-order valence-corrected chi connectivity index (χ0v) is 20.8. The van der Waals surface area contributed by atoms with Crippen LogP contribution < -0.4 is 10.6 Å². The summed E-state index contributed by atoms with van der Waals surface area (Å²) in [6.07, 6.45) is 0. The number of carbonyl (C=O) groups is 1. The van der Waals surface area contributed by atoms with Crippen molar-refractivity contribution in [3.05, 3.63) is 29.8 Å². The Morgan fingerprint density at radius 2 is 1.71 bits per heavy atom. The van der Waals surface area contributed by atoms with Crippen LogP contribution in [0.2, 0.25) is 0 Å². The molecule has 0 aliphatic carbocycles. The number of morpholine rings is 1. The van der Waals surface area contributed by atoms with E-state index in [1.165, 1.54) is 5.56 Å². The molecule has 4 heterocycles. The van der Waals surface area contributed by atoms with Crippen LogP contribution in [-0.2, 0) is 16.6 Å². The molecular formula is C25H34N8O2. The van der Waals surface area contributed by atoms with Crippen LogP contribution in [0.1, 0.15) is 25.3 Å². The van der Waals surface area contributed by atoms with Gasteiger partial charge in [-0.15, -0.1) is 0 Å². The van der Waals surface area contributed by atoms with Crippen molar-refractivity contribution < 1.29 is 9.53 Å². The molecule has 10 heteroatoms. The molecule has 3 aromatic rings. The van der Waals surface area contributed by atoms with Crippen LogP contribution >= 0.6 is 0 Å². The summed E-state index contributed by atoms with van der Waals surface area (Å²) in [5, 5.41) is 5.33. The number of nitrogens with zero attached hydrogens (tertiary/aromatic N) is 7. The van der Waals surface area contributed by atoms with E-state index in [0.29, 0.717) is 56.2 Å². The largest absolute Gasteiger partial charge is 0.383 e. The van der Waals surface area contributed by atoms with E-state index in [1.54, 1.807) is 4.68 Å². The monoisotopic (exact) mass is 478 g/mol. The number of hydrogen-bond donors (Lipinski definition) is 1. The highest BCUT2D eigenvalue weighted by Gasteiger charge is 2.26. The van der Waals surface area contributed by atoms with Crippen LogP contribution in [0.4, 0.5) is 11.8 Å². The molecular weight excluding hydrogens is 444 g/mol. The summed E-state index contributed by atoms with van der Waals surface area (Å²) < 4.78 is 7.01. The quantitative estimate of drug-likeness (QED) is 0.591. The molecule has 2 fully saturated rings. The number of nitrogens with two attached hydrogens (primary N) is 1. The molecule has 1 aromatic carbocycles. The summed E-state index contributed by atoms with van der Waals surface area (Å²) in [6.45, 7) is 10.5. The second-order valence-electron chi connectivity index (χ2n) is 9.61. The maximum Gasteiger partial charge on any atom is 0.236 e. The highest BCUT2D eigenvalue weighted by Crippen LogP contribution is 2.32. The van der Waals surface area contributed by atoms with Crippen molar-refractivity contribution in [1.29, 1.82) is 0 Å². The Balaban J connectivity index is 1.36. The molecule has 2 aromatic heterocycles. The van der Waals surface area contributed by atoms with Crippen LogP contribution in [-0.4, -0.2) is 94.5 Å². The number of nitrogen functional groups attached to an aromatic ring is 1. The van der Waals surface area contributed by atoms with Crippen molar-refractivity contribution in [3.8, 4) is 11.3 Å². The van der Waals surface area contributed by atoms with E-state index in [-0.39, 0.29) is 5.91 Å². The molecule has 10 nitrogen and oxygen atoms in total. The van der Waals surface area contributed by atoms with Gasteiger partial charge in [-0.25, -0.2) is 4.98 Å². The summed E-state index contributed by atoms with van der Waals surface area (Å²) in [7, 11) is 1.83. The van der Waals surface area contributed by atoms with E-state index >= 15 is 0 Å². The number of benzene rings is 1. The molecule has 1 amide bonds. The zero-order valence-electron chi connectivity index (χ0n) is 20.8. The third-order valence-corrected chi connectivity index (χ3v) is 6.96. The van der Waals surface area contributed by atoms with Crippen molar-refractivity contribution in [2.75, 3.05) is 69.7 Å². The van der Waals surface area contributed by atoms with Gasteiger partial charge in [-0.3, -0.25) is 14.4 Å². The summed E-state index contributed by atoms with van der Waals surface area (Å²) in [5.41, 5.74) is 10.0. The van der Waals surface area contributed by atoms with Gasteiger partial charge in [0.1, 0.15) is 5.82 Å². The second kappa shape index (κ2) is 9.79. The van der Waals surface area contributed by atoms with Gasteiger partial charge in [0.2, 0.25) is 11.9 Å². The van der Waals surface area contributed by atoms with E-state index in [2.05, 4.69) is 53.0 Å². The molecule has 186 valence electrons. The first kappa shape index (κ1) is 23.5. The van der Waals surface area contributed by atoms with Gasteiger partial charge < -0.3 is 20.3 Å². The Kier molecular flexibility index (Phi) is 6.57. The molecule has 2 saturated heterocycles. The van der Waals surface area contributed by atoms with E-state index in [0.717, 1.165) is 42.8 Å². The number of aryl methyl sites for hydroxylation is 1. The van der Waals surface area contributed by atoms with Gasteiger partial charge in [-0.2, -0.15) is 10.1 Å². The van der Waals surface area contributed by atoms with Gasteiger partial charge in [-0.1, -0.05) is 38.1 Å². The third kappa shape index (κ3) is 4.81. The lowest BCUT2D eigenvalue weighted by Gasteiger charge is -2.36. The predicted molar refractivity (Wildman–Crippen MR) is 136 cm³/mol. The van der Waals surface area contributed by atoms with E-state index in [9.17, 15) is 4.79 Å². The maximum atomic E-state index is 12.6. The molecule has 0 radical (unpaired) electrons. The first-order valence-electron chi connectivity index (χ1n) is 12.3. The minimum absolute atomic E-state index is 0.176. The van der Waals surface area contributed by atoms with Crippen LogP contribution in [0.15, 0.2) is 24.3 Å². The Morgan fingerprint density at radius 1 is 1.03 bits per heavy atom. The van der Waals surface area contributed by atoms with Crippen molar-refractivity contribution >= 4 is 28.7 Å². The van der Waals surface area contributed by atoms with Gasteiger partial charge in [0.25, 0.3) is 0 Å². The minimum atomic E-state index is 0.176. The van der Waals surface area contributed by atoms with Crippen LogP contribution in [0, 0.1) is 0 Å². The molecule has 0 atom stereocenters. The average molecular weight is 479 g/mol. The SMILES string of the molecule is CC(C)c1ccc(-c2nc(N3CCN(CC(=O)N4CCOCC4)CC3)nc3nn(C)c(N)c23)cc1. The number of fused-ring (bicyclic) bond motifs is 1. The molecule has 35 heavy (non-hydrogen) atoms. The number of piperazine rings is 1. The smallest absolute Gasteiger partial charge is 0.236 e. The Labute approximate surface area is 205 Å². The molecule has 5 rings (SSSR count). The first-order valence-corrected chi connectivity index (χ1v) is 12.3. The Hall–Kier alpha value is -3.24. The fraction of sp³-hybridized carbons (Fsp3) is 0.520. The number of rotatable bonds is 5. The lowest BCUT2D eigenvalue weighted by atomic mass is 10.00. The predicted octanol–water partition coefficient (Wildman–Crippen LogP) is 1.72. The van der Waals surface area contributed by atoms with Crippen molar-refractivity contribution in [3.63, 3.8) is 0 Å². The van der Waals surface area contributed by atoms with Gasteiger partial charge in [-0.05, 0) is 11.5 Å². The summed E-state index contributed by atoms with van der Waals surface area (Å²) in [4.78, 5) is 28.7. The highest BCUT2D eigenvalue weighted by atomic mass is 16.5. The number of amides is 1. The fourth-order valence-corrected chi connectivity index (χ4v) is 4.69. The fourth-order valence-electron chi connectivity index (χ4n) is 4.69. The molecule has 2 aliphatic rings. The standard InChI is InChI=1S/C25H34N8O2/c1-17(2)18-4-6-19(7-5-18)22-21-23(26)30(3)29-24(21)28-25(27-22)33-10-8-31(9-11-33)16-20(34)32-12-14-35-15-13-32/h4-7,17H,8-16,26H2,1-3H3. The summed E-state index contributed by atoms with van der Waals surface area (Å²) in [6, 6.07) is 8.49. The minimum Gasteiger partial charge on any atom is -0.383 e. The third-order valence-electron chi connectivity index (χ3n) is 6.96. The lowest BCUT2D eigenvalue weighted by molar-refractivity contribution is -0.136. The normalized spacial score (nSPS) is 17.5. The zero-order chi connectivity index (χ0) is 24.5. The molecule has 2 aliphatic heterocycles. The Bertz CT molecular complexity index is 1190. The number of carbonyl (C=O) groups excluding carboxylic acids is 1. The van der Waals surface area contributed by atoms with Crippen molar-refractivity contribution in [1.82, 2.24) is 29.5 Å². The van der Waals surface area contributed by atoms with Gasteiger partial charge >= 0.3 is 0 Å². The van der Waals surface area contributed by atoms with Crippen LogP contribution in [0.5, 0.6) is 0 Å². The molecule has 0 spiro atoms. The molecule has 2 N–H and O–H groups in total. The van der Waals surface area contributed by atoms with Crippen LogP contribution in [0.25, 0.3) is 22.3 Å². The summed E-state index contributed by atoms with van der Waals surface area (Å²) in [5.74, 6) is 1.84. The number of anilines is 2. The Morgan fingerprint density at radius 3 is 2.37 bits per heavy atom. The second-order valence-corrected chi connectivity index (χ2v) is 9.61. The van der Waals surface area contributed by atoms with Gasteiger partial charge in [0.15, 0.2) is 5.65 Å². The molecule has 0 unspecified atom stereocenters. The number of ether oxygens (including phenoxy) is 1. The summed E-state index contributed by atoms with van der Waals surface area (Å²) >= 11 is 0. The average Bonchev–Trinajstić information content (AvgIpc) is 3.17. The van der Waals surface area contributed by atoms with Gasteiger partial charge in [0.05, 0.1) is 30.8 Å². The highest BCUT2D eigenvalue weighted by molar-refractivity contribution is 5.98. The number of aromatic nitrogens is 4.